The van der Waals surface area contributed by atoms with Crippen molar-refractivity contribution in [3.05, 3.63) is 0 Å². The van der Waals surface area contributed by atoms with E-state index >= 15 is 0 Å². The summed E-state index contributed by atoms with van der Waals surface area (Å²) in [6, 6.07) is 0. The van der Waals surface area contributed by atoms with Crippen LogP contribution in [-0.4, -0.2) is 21.9 Å². The summed E-state index contributed by atoms with van der Waals surface area (Å²) in [5.74, 6) is 2.02. The smallest absolute Gasteiger partial charge is 0.0673 e. The van der Waals surface area contributed by atoms with Crippen LogP contribution >= 0.6 is 0 Å². The molecule has 4 unspecified atom stereocenters. The van der Waals surface area contributed by atoms with Crippen molar-refractivity contribution in [2.24, 2.45) is 23.7 Å². The average molecular weight is 268 g/mol. The van der Waals surface area contributed by atoms with E-state index in [4.69, 9.17) is 0 Å². The van der Waals surface area contributed by atoms with Gasteiger partial charge in [-0.1, -0.05) is 40.0 Å². The molecule has 2 aliphatic rings. The van der Waals surface area contributed by atoms with E-state index in [1.165, 1.54) is 32.1 Å². The average Bonchev–Trinajstić information content (AvgIpc) is 2.98. The molecule has 0 aliphatic heterocycles. The van der Waals surface area contributed by atoms with E-state index in [0.717, 1.165) is 25.2 Å². The van der Waals surface area contributed by atoms with Gasteiger partial charge in [-0.25, -0.2) is 0 Å². The summed E-state index contributed by atoms with van der Waals surface area (Å²) < 4.78 is 0. The van der Waals surface area contributed by atoms with Crippen molar-refractivity contribution in [1.29, 1.82) is 0 Å². The van der Waals surface area contributed by atoms with Crippen LogP contribution in [0.25, 0.3) is 0 Å². The Kier molecular flexibility index (Phi) is 4.94. The molecular weight excluding hydrogens is 236 g/mol. The van der Waals surface area contributed by atoms with Crippen molar-refractivity contribution >= 4 is 0 Å². The van der Waals surface area contributed by atoms with Crippen molar-refractivity contribution in [1.82, 2.24) is 0 Å². The molecule has 2 heteroatoms. The molecule has 0 bridgehead atoms. The Morgan fingerprint density at radius 3 is 2.32 bits per heavy atom. The molecule has 4 atom stereocenters. The third-order valence-corrected chi connectivity index (χ3v) is 5.82. The van der Waals surface area contributed by atoms with Crippen LogP contribution < -0.4 is 0 Å². The largest absolute Gasteiger partial charge is 0.393 e. The summed E-state index contributed by atoms with van der Waals surface area (Å²) in [5.41, 5.74) is -0.380. The van der Waals surface area contributed by atoms with Crippen LogP contribution in [0, 0.1) is 23.7 Å². The highest BCUT2D eigenvalue weighted by atomic mass is 16.3. The highest BCUT2D eigenvalue weighted by Crippen LogP contribution is 2.43. The van der Waals surface area contributed by atoms with Gasteiger partial charge in [0.05, 0.1) is 11.7 Å². The predicted molar refractivity (Wildman–Crippen MR) is 78.9 cm³/mol. The van der Waals surface area contributed by atoms with Gasteiger partial charge >= 0.3 is 0 Å². The van der Waals surface area contributed by atoms with E-state index in [1.807, 2.05) is 0 Å². The number of hydrogen-bond donors (Lipinski definition) is 2. The molecule has 2 fully saturated rings. The Morgan fingerprint density at radius 1 is 1.11 bits per heavy atom. The summed E-state index contributed by atoms with van der Waals surface area (Å²) in [4.78, 5) is 0. The fraction of sp³-hybridized carbons (Fsp3) is 1.00. The summed E-state index contributed by atoms with van der Waals surface area (Å²) in [6.45, 7) is 6.46. The van der Waals surface area contributed by atoms with Gasteiger partial charge in [0.2, 0.25) is 0 Å². The zero-order chi connectivity index (χ0) is 14.0. The quantitative estimate of drug-likeness (QED) is 0.797. The maximum absolute atomic E-state index is 10.6. The Bertz CT molecular complexity index is 281. The number of hydrogen-bond acceptors (Lipinski definition) is 2. The minimum absolute atomic E-state index is 0.130. The van der Waals surface area contributed by atoms with Crippen LogP contribution in [0.3, 0.4) is 0 Å². The van der Waals surface area contributed by atoms with E-state index in [2.05, 4.69) is 20.8 Å². The number of aliphatic hydroxyl groups excluding tert-OH is 1. The van der Waals surface area contributed by atoms with Crippen LogP contribution in [0.1, 0.15) is 72.1 Å². The normalized spacial score (nSPS) is 33.8. The lowest BCUT2D eigenvalue weighted by atomic mass is 9.80. The predicted octanol–water partition coefficient (Wildman–Crippen LogP) is 3.75. The molecule has 0 aromatic heterocycles. The molecule has 2 rings (SSSR count). The van der Waals surface area contributed by atoms with Gasteiger partial charge < -0.3 is 10.2 Å². The second-order valence-corrected chi connectivity index (χ2v) is 7.62. The second-order valence-electron chi connectivity index (χ2n) is 7.62. The fourth-order valence-corrected chi connectivity index (χ4v) is 4.38. The molecule has 0 radical (unpaired) electrons. The maximum Gasteiger partial charge on any atom is 0.0673 e. The van der Waals surface area contributed by atoms with E-state index in [1.54, 1.807) is 0 Å². The van der Waals surface area contributed by atoms with Crippen molar-refractivity contribution in [2.45, 2.75) is 83.8 Å². The molecule has 2 N–H and O–H groups in total. The zero-order valence-electron chi connectivity index (χ0n) is 12.9. The van der Waals surface area contributed by atoms with Crippen LogP contribution in [0.4, 0.5) is 0 Å². The standard InChI is InChI=1S/C17H32O2/c1-12(2)16(18)15-7-6-14(11-15)10-13(3)17(19)8-4-5-9-17/h12-16,18-19H,4-11H2,1-3H3. The van der Waals surface area contributed by atoms with Crippen molar-refractivity contribution in [3.63, 3.8) is 0 Å². The molecular formula is C17H32O2. The minimum Gasteiger partial charge on any atom is -0.393 e. The summed E-state index contributed by atoms with van der Waals surface area (Å²) in [5, 5.41) is 20.8. The Balaban J connectivity index is 1.81. The van der Waals surface area contributed by atoms with Gasteiger partial charge in [0.15, 0.2) is 0 Å². The van der Waals surface area contributed by atoms with Crippen molar-refractivity contribution < 1.29 is 10.2 Å². The molecule has 0 saturated heterocycles. The maximum atomic E-state index is 10.6. The Labute approximate surface area is 118 Å². The fourth-order valence-electron chi connectivity index (χ4n) is 4.38. The van der Waals surface area contributed by atoms with E-state index < -0.39 is 0 Å². The molecule has 0 heterocycles. The first-order valence-electron chi connectivity index (χ1n) is 8.33. The summed E-state index contributed by atoms with van der Waals surface area (Å²) in [6.07, 6.45) is 9.00. The SMILES string of the molecule is CC(C)C(O)C1CCC(CC(C)C2(O)CCCC2)C1. The van der Waals surface area contributed by atoms with E-state index in [-0.39, 0.29) is 11.7 Å². The first-order chi connectivity index (χ1) is 8.92. The van der Waals surface area contributed by atoms with Gasteiger partial charge in [-0.3, -0.25) is 0 Å². The van der Waals surface area contributed by atoms with Crippen LogP contribution in [0.5, 0.6) is 0 Å². The topological polar surface area (TPSA) is 40.5 Å². The monoisotopic (exact) mass is 268 g/mol. The van der Waals surface area contributed by atoms with E-state index in [0.29, 0.717) is 17.8 Å². The molecule has 2 saturated carbocycles. The number of aliphatic hydroxyl groups is 2. The molecule has 0 spiro atoms. The van der Waals surface area contributed by atoms with Crippen molar-refractivity contribution in [2.75, 3.05) is 0 Å². The molecule has 0 aromatic carbocycles. The van der Waals surface area contributed by atoms with Crippen LogP contribution in [0.15, 0.2) is 0 Å². The van der Waals surface area contributed by atoms with Gasteiger partial charge in [0.1, 0.15) is 0 Å². The molecule has 0 aromatic rings. The van der Waals surface area contributed by atoms with Gasteiger partial charge in [-0.2, -0.15) is 0 Å². The molecule has 112 valence electrons. The lowest BCUT2D eigenvalue weighted by Crippen LogP contribution is -2.34. The molecule has 19 heavy (non-hydrogen) atoms. The first-order valence-corrected chi connectivity index (χ1v) is 8.33. The lowest BCUT2D eigenvalue weighted by molar-refractivity contribution is -0.0148. The third kappa shape index (κ3) is 3.52. The molecule has 2 nitrogen and oxygen atoms in total. The molecule has 2 aliphatic carbocycles. The van der Waals surface area contributed by atoms with Gasteiger partial charge in [0.25, 0.3) is 0 Å². The van der Waals surface area contributed by atoms with E-state index in [9.17, 15) is 10.2 Å². The second kappa shape index (κ2) is 6.13. The van der Waals surface area contributed by atoms with Gasteiger partial charge in [0, 0.05) is 0 Å². The van der Waals surface area contributed by atoms with Crippen LogP contribution in [0.2, 0.25) is 0 Å². The summed E-state index contributed by atoms with van der Waals surface area (Å²) in [7, 11) is 0. The van der Waals surface area contributed by atoms with Gasteiger partial charge in [-0.15, -0.1) is 0 Å². The molecule has 0 amide bonds. The number of rotatable bonds is 5. The minimum atomic E-state index is -0.380. The van der Waals surface area contributed by atoms with Crippen LogP contribution in [-0.2, 0) is 0 Å². The zero-order valence-corrected chi connectivity index (χ0v) is 12.9. The van der Waals surface area contributed by atoms with Crippen molar-refractivity contribution in [3.8, 4) is 0 Å². The third-order valence-electron chi connectivity index (χ3n) is 5.82. The Morgan fingerprint density at radius 2 is 1.74 bits per heavy atom. The lowest BCUT2D eigenvalue weighted by Gasteiger charge is -2.32. The van der Waals surface area contributed by atoms with Gasteiger partial charge in [-0.05, 0) is 55.8 Å². The first kappa shape index (κ1) is 15.3. The summed E-state index contributed by atoms with van der Waals surface area (Å²) >= 11 is 0. The Hall–Kier alpha value is -0.0800. The highest BCUT2D eigenvalue weighted by Gasteiger charge is 2.39. The highest BCUT2D eigenvalue weighted by molar-refractivity contribution is 4.91.